The van der Waals surface area contributed by atoms with Gasteiger partial charge in [-0.1, -0.05) is 4.49 Å². The maximum atomic E-state index is 11.8. The van der Waals surface area contributed by atoms with Crippen molar-refractivity contribution in [2.75, 3.05) is 5.43 Å². The van der Waals surface area contributed by atoms with Gasteiger partial charge in [0.25, 0.3) is 0 Å². The van der Waals surface area contributed by atoms with E-state index in [0.29, 0.717) is 23.8 Å². The van der Waals surface area contributed by atoms with E-state index in [0.717, 1.165) is 0 Å². The van der Waals surface area contributed by atoms with Gasteiger partial charge in [-0.2, -0.15) is 0 Å². The van der Waals surface area contributed by atoms with E-state index in [-0.39, 0.29) is 5.69 Å². The summed E-state index contributed by atoms with van der Waals surface area (Å²) in [6, 6.07) is 0. The van der Waals surface area contributed by atoms with E-state index < -0.39 is 0 Å². The number of aromatic nitrogens is 4. The SMILES string of the molecule is CCn1ccn(Cc2nnsc2NN)c1=O. The maximum Gasteiger partial charge on any atom is 0.328 e. The number of nitrogens with zero attached hydrogens (tertiary/aromatic N) is 4. The van der Waals surface area contributed by atoms with Crippen LogP contribution in [0.25, 0.3) is 0 Å². The van der Waals surface area contributed by atoms with Crippen LogP contribution in [-0.2, 0) is 13.1 Å². The summed E-state index contributed by atoms with van der Waals surface area (Å²) in [5.41, 5.74) is 3.12. The van der Waals surface area contributed by atoms with Crippen molar-refractivity contribution < 1.29 is 0 Å². The fourth-order valence-electron chi connectivity index (χ4n) is 1.40. The van der Waals surface area contributed by atoms with E-state index >= 15 is 0 Å². The van der Waals surface area contributed by atoms with Crippen LogP contribution in [0, 0.1) is 0 Å². The largest absolute Gasteiger partial charge is 0.328 e. The van der Waals surface area contributed by atoms with E-state index in [1.165, 1.54) is 11.5 Å². The molecule has 0 unspecified atom stereocenters. The first-order valence-electron chi connectivity index (χ1n) is 4.79. The van der Waals surface area contributed by atoms with Gasteiger partial charge in [-0.25, -0.2) is 10.6 Å². The minimum absolute atomic E-state index is 0.0570. The zero-order valence-corrected chi connectivity index (χ0v) is 9.57. The van der Waals surface area contributed by atoms with E-state index in [4.69, 9.17) is 5.84 Å². The topological polar surface area (TPSA) is 90.8 Å². The Balaban J connectivity index is 2.27. The van der Waals surface area contributed by atoms with Gasteiger partial charge in [0, 0.05) is 30.5 Å². The Kier molecular flexibility index (Phi) is 3.02. The number of rotatable bonds is 4. The molecule has 0 aliphatic rings. The third-order valence-electron chi connectivity index (χ3n) is 2.27. The minimum atomic E-state index is -0.0570. The van der Waals surface area contributed by atoms with Crippen LogP contribution >= 0.6 is 11.5 Å². The highest BCUT2D eigenvalue weighted by Gasteiger charge is 2.09. The highest BCUT2D eigenvalue weighted by Crippen LogP contribution is 2.16. The molecule has 2 heterocycles. The lowest BCUT2D eigenvalue weighted by Crippen LogP contribution is -2.24. The molecule has 0 fully saturated rings. The minimum Gasteiger partial charge on any atom is -0.313 e. The molecule has 0 aromatic carbocycles. The first kappa shape index (κ1) is 10.8. The molecular weight excluding hydrogens is 228 g/mol. The van der Waals surface area contributed by atoms with Crippen LogP contribution in [0.3, 0.4) is 0 Å². The smallest absolute Gasteiger partial charge is 0.313 e. The third kappa shape index (κ3) is 1.84. The quantitative estimate of drug-likeness (QED) is 0.573. The number of anilines is 1. The van der Waals surface area contributed by atoms with E-state index in [9.17, 15) is 4.79 Å². The molecule has 0 spiro atoms. The second-order valence-electron chi connectivity index (χ2n) is 3.19. The molecule has 8 heteroatoms. The number of hydrogen-bond acceptors (Lipinski definition) is 6. The van der Waals surface area contributed by atoms with Crippen molar-refractivity contribution >= 4 is 16.5 Å². The number of nitrogens with two attached hydrogens (primary N) is 1. The van der Waals surface area contributed by atoms with Gasteiger partial charge in [-0.15, -0.1) is 5.10 Å². The van der Waals surface area contributed by atoms with Crippen LogP contribution in [-0.4, -0.2) is 18.7 Å². The summed E-state index contributed by atoms with van der Waals surface area (Å²) in [5, 5.41) is 4.59. The van der Waals surface area contributed by atoms with Gasteiger partial charge in [-0.05, 0) is 6.92 Å². The Hall–Kier alpha value is -1.67. The summed E-state index contributed by atoms with van der Waals surface area (Å²) in [6.45, 7) is 2.95. The number of hydrogen-bond donors (Lipinski definition) is 2. The van der Waals surface area contributed by atoms with Crippen molar-refractivity contribution in [3.63, 3.8) is 0 Å². The molecule has 0 atom stereocenters. The van der Waals surface area contributed by atoms with Crippen molar-refractivity contribution in [3.8, 4) is 0 Å². The molecule has 2 aromatic rings. The van der Waals surface area contributed by atoms with Crippen LogP contribution in [0.5, 0.6) is 0 Å². The molecule has 0 amide bonds. The van der Waals surface area contributed by atoms with Gasteiger partial charge in [0.05, 0.1) is 6.54 Å². The molecule has 0 aliphatic heterocycles. The molecule has 7 nitrogen and oxygen atoms in total. The Morgan fingerprint density at radius 2 is 2.25 bits per heavy atom. The zero-order valence-electron chi connectivity index (χ0n) is 8.75. The highest BCUT2D eigenvalue weighted by atomic mass is 32.1. The Labute approximate surface area is 95.6 Å². The molecule has 0 bridgehead atoms. The summed E-state index contributed by atoms with van der Waals surface area (Å²) in [6.07, 6.45) is 3.48. The van der Waals surface area contributed by atoms with Gasteiger partial charge in [-0.3, -0.25) is 9.13 Å². The summed E-state index contributed by atoms with van der Waals surface area (Å²) in [5.74, 6) is 5.31. The van der Waals surface area contributed by atoms with E-state index in [2.05, 4.69) is 15.0 Å². The van der Waals surface area contributed by atoms with Crippen molar-refractivity contribution in [2.24, 2.45) is 5.84 Å². The fraction of sp³-hybridized carbons (Fsp3) is 0.375. The normalized spacial score (nSPS) is 10.6. The zero-order chi connectivity index (χ0) is 11.5. The predicted octanol–water partition coefficient (Wildman–Crippen LogP) is -0.145. The molecule has 0 radical (unpaired) electrons. The first-order chi connectivity index (χ1) is 7.76. The Morgan fingerprint density at radius 1 is 1.50 bits per heavy atom. The van der Waals surface area contributed by atoms with Gasteiger partial charge >= 0.3 is 5.69 Å². The second kappa shape index (κ2) is 4.45. The van der Waals surface area contributed by atoms with Crippen LogP contribution in [0.4, 0.5) is 5.00 Å². The molecule has 0 saturated heterocycles. The number of nitrogen functional groups attached to an aromatic ring is 1. The highest BCUT2D eigenvalue weighted by molar-refractivity contribution is 7.10. The summed E-state index contributed by atoms with van der Waals surface area (Å²) in [4.78, 5) is 11.8. The lowest BCUT2D eigenvalue weighted by atomic mass is 10.4. The van der Waals surface area contributed by atoms with Crippen LogP contribution in [0.15, 0.2) is 17.2 Å². The maximum absolute atomic E-state index is 11.8. The lowest BCUT2D eigenvalue weighted by molar-refractivity contribution is 0.661. The monoisotopic (exact) mass is 240 g/mol. The van der Waals surface area contributed by atoms with Gasteiger partial charge in [0.2, 0.25) is 0 Å². The average molecular weight is 240 g/mol. The average Bonchev–Trinajstić information content (AvgIpc) is 2.87. The van der Waals surface area contributed by atoms with E-state index in [1.54, 1.807) is 21.5 Å². The van der Waals surface area contributed by atoms with Gasteiger partial charge in [0.1, 0.15) is 10.7 Å². The standard InChI is InChI=1S/C8H12N6OS/c1-2-13-3-4-14(8(13)15)5-6-7(10-9)16-12-11-6/h3-4,10H,2,5,9H2,1H3. The predicted molar refractivity (Wildman–Crippen MR) is 61.2 cm³/mol. The third-order valence-corrected chi connectivity index (χ3v) is 2.96. The lowest BCUT2D eigenvalue weighted by Gasteiger charge is -2.00. The van der Waals surface area contributed by atoms with Gasteiger partial charge < -0.3 is 5.43 Å². The van der Waals surface area contributed by atoms with Crippen LogP contribution < -0.4 is 17.0 Å². The summed E-state index contributed by atoms with van der Waals surface area (Å²) >= 11 is 1.17. The van der Waals surface area contributed by atoms with Gasteiger partial charge in [0.15, 0.2) is 0 Å². The molecule has 86 valence electrons. The van der Waals surface area contributed by atoms with Crippen molar-refractivity contribution in [1.29, 1.82) is 0 Å². The summed E-state index contributed by atoms with van der Waals surface area (Å²) in [7, 11) is 0. The van der Waals surface area contributed by atoms with Crippen molar-refractivity contribution in [1.82, 2.24) is 18.7 Å². The molecule has 0 aliphatic carbocycles. The number of nitrogens with one attached hydrogen (secondary N) is 1. The second-order valence-corrected chi connectivity index (χ2v) is 3.94. The van der Waals surface area contributed by atoms with Crippen LogP contribution in [0.2, 0.25) is 0 Å². The molecule has 0 saturated carbocycles. The van der Waals surface area contributed by atoms with Crippen molar-refractivity contribution in [3.05, 3.63) is 28.6 Å². The molecule has 16 heavy (non-hydrogen) atoms. The Morgan fingerprint density at radius 3 is 2.88 bits per heavy atom. The van der Waals surface area contributed by atoms with Crippen LogP contribution in [0.1, 0.15) is 12.6 Å². The molecule has 3 N–H and O–H groups in total. The van der Waals surface area contributed by atoms with E-state index in [1.807, 2.05) is 6.92 Å². The first-order valence-corrected chi connectivity index (χ1v) is 5.57. The summed E-state index contributed by atoms with van der Waals surface area (Å²) < 4.78 is 6.96. The molecular formula is C8H12N6OS. The number of aryl methyl sites for hydroxylation is 1. The van der Waals surface area contributed by atoms with Crippen molar-refractivity contribution in [2.45, 2.75) is 20.0 Å². The molecule has 2 aromatic heterocycles. The fourth-order valence-corrected chi connectivity index (χ4v) is 1.88. The number of imidazole rings is 1. The number of hydrazine groups is 1. The Bertz CT molecular complexity index is 527. The molecule has 2 rings (SSSR count).